The molecule has 0 bridgehead atoms. The van der Waals surface area contributed by atoms with Gasteiger partial charge in [-0.25, -0.2) is 0 Å². The van der Waals surface area contributed by atoms with Crippen molar-refractivity contribution in [2.45, 2.75) is 20.3 Å². The summed E-state index contributed by atoms with van der Waals surface area (Å²) in [6.07, 6.45) is 0.924. The molecule has 0 saturated carbocycles. The highest BCUT2D eigenvalue weighted by atomic mass is 16.5. The molecule has 0 radical (unpaired) electrons. The Morgan fingerprint density at radius 3 is 2.50 bits per heavy atom. The Labute approximate surface area is 120 Å². The average Bonchev–Trinajstić information content (AvgIpc) is 2.53. The molecule has 20 heavy (non-hydrogen) atoms. The summed E-state index contributed by atoms with van der Waals surface area (Å²) in [6, 6.07) is 16.3. The van der Waals surface area contributed by atoms with Crippen LogP contribution >= 0.6 is 0 Å². The van der Waals surface area contributed by atoms with Gasteiger partial charge in [-0.05, 0) is 36.6 Å². The Balaban J connectivity index is 2.34. The quantitative estimate of drug-likeness (QED) is 0.637. The van der Waals surface area contributed by atoms with Crippen LogP contribution in [0.4, 0.5) is 5.69 Å². The molecule has 0 heterocycles. The maximum absolute atomic E-state index is 5.37. The van der Waals surface area contributed by atoms with Crippen molar-refractivity contribution in [3.63, 3.8) is 0 Å². The number of nitrogens with zero attached hydrogens (tertiary/aromatic N) is 1. The Morgan fingerprint density at radius 1 is 1.10 bits per heavy atom. The molecule has 0 aliphatic rings. The van der Waals surface area contributed by atoms with Crippen LogP contribution in [0.15, 0.2) is 53.6 Å². The highest BCUT2D eigenvalue weighted by Gasteiger charge is 2.05. The molecule has 0 saturated heterocycles. The van der Waals surface area contributed by atoms with E-state index in [2.05, 4.69) is 41.7 Å². The van der Waals surface area contributed by atoms with Crippen LogP contribution in [0.25, 0.3) is 11.1 Å². The lowest BCUT2D eigenvalue weighted by molar-refractivity contribution is 0.416. The van der Waals surface area contributed by atoms with E-state index < -0.39 is 0 Å². The third-order valence-electron chi connectivity index (χ3n) is 3.19. The number of hydrogen-bond acceptors (Lipinski definition) is 3. The van der Waals surface area contributed by atoms with E-state index in [9.17, 15) is 0 Å². The highest BCUT2D eigenvalue weighted by molar-refractivity contribution is 5.82. The first-order valence-corrected chi connectivity index (χ1v) is 6.77. The van der Waals surface area contributed by atoms with Crippen LogP contribution in [0.1, 0.15) is 20.3 Å². The van der Waals surface area contributed by atoms with E-state index in [-0.39, 0.29) is 0 Å². The third kappa shape index (κ3) is 3.38. The van der Waals surface area contributed by atoms with Crippen molar-refractivity contribution in [1.82, 2.24) is 0 Å². The van der Waals surface area contributed by atoms with Gasteiger partial charge in [0.15, 0.2) is 0 Å². The minimum atomic E-state index is 0.789. The molecule has 0 unspecified atom stereocenters. The monoisotopic (exact) mass is 268 g/mol. The number of benzene rings is 2. The van der Waals surface area contributed by atoms with Gasteiger partial charge in [0.05, 0.1) is 12.8 Å². The Kier molecular flexibility index (Phi) is 4.77. The third-order valence-corrected chi connectivity index (χ3v) is 3.19. The summed E-state index contributed by atoms with van der Waals surface area (Å²) < 4.78 is 5.37. The standard InChI is InChI=1S/C17H20N2O/c1-4-13(2)18-19-16-12-15(10-11-17(16)20-3)14-8-6-5-7-9-14/h5-12,19H,4H2,1-3H3/b18-13-. The summed E-state index contributed by atoms with van der Waals surface area (Å²) in [5, 5.41) is 4.34. The number of anilines is 1. The molecule has 3 heteroatoms. The molecule has 0 aromatic heterocycles. The van der Waals surface area contributed by atoms with Crippen LogP contribution in [-0.2, 0) is 0 Å². The van der Waals surface area contributed by atoms with Gasteiger partial charge in [0, 0.05) is 5.71 Å². The minimum absolute atomic E-state index is 0.789. The SMILES string of the molecule is CC/C(C)=N\Nc1cc(-c2ccccc2)ccc1OC. The second-order valence-corrected chi connectivity index (χ2v) is 4.59. The van der Waals surface area contributed by atoms with Crippen LogP contribution in [0.2, 0.25) is 0 Å². The van der Waals surface area contributed by atoms with Gasteiger partial charge in [-0.1, -0.05) is 43.3 Å². The largest absolute Gasteiger partial charge is 0.495 e. The Bertz CT molecular complexity index is 591. The van der Waals surface area contributed by atoms with E-state index in [1.54, 1.807) is 7.11 Å². The van der Waals surface area contributed by atoms with Crippen molar-refractivity contribution in [2.75, 3.05) is 12.5 Å². The van der Waals surface area contributed by atoms with Crippen molar-refractivity contribution in [3.8, 4) is 16.9 Å². The molecule has 0 fully saturated rings. The van der Waals surface area contributed by atoms with Crippen molar-refractivity contribution < 1.29 is 4.74 Å². The minimum Gasteiger partial charge on any atom is -0.495 e. The molecular weight excluding hydrogens is 248 g/mol. The lowest BCUT2D eigenvalue weighted by atomic mass is 10.1. The maximum Gasteiger partial charge on any atom is 0.143 e. The summed E-state index contributed by atoms with van der Waals surface area (Å²) in [5.74, 6) is 0.789. The summed E-state index contributed by atoms with van der Waals surface area (Å²) in [6.45, 7) is 4.08. The van der Waals surface area contributed by atoms with E-state index in [0.717, 1.165) is 29.1 Å². The number of rotatable bonds is 5. The van der Waals surface area contributed by atoms with Crippen LogP contribution in [0.5, 0.6) is 5.75 Å². The molecule has 0 atom stereocenters. The Morgan fingerprint density at radius 2 is 1.85 bits per heavy atom. The first kappa shape index (κ1) is 14.1. The van der Waals surface area contributed by atoms with Crippen LogP contribution in [-0.4, -0.2) is 12.8 Å². The van der Waals surface area contributed by atoms with Gasteiger partial charge in [-0.2, -0.15) is 5.10 Å². The van der Waals surface area contributed by atoms with E-state index in [0.29, 0.717) is 0 Å². The highest BCUT2D eigenvalue weighted by Crippen LogP contribution is 2.30. The van der Waals surface area contributed by atoms with Crippen LogP contribution < -0.4 is 10.2 Å². The average molecular weight is 268 g/mol. The first-order valence-electron chi connectivity index (χ1n) is 6.77. The van der Waals surface area contributed by atoms with Gasteiger partial charge in [-0.15, -0.1) is 0 Å². The van der Waals surface area contributed by atoms with Crippen molar-refractivity contribution in [1.29, 1.82) is 0 Å². The topological polar surface area (TPSA) is 33.6 Å². The Hall–Kier alpha value is -2.29. The maximum atomic E-state index is 5.37. The van der Waals surface area contributed by atoms with Crippen molar-refractivity contribution >= 4 is 11.4 Å². The number of ether oxygens (including phenoxy) is 1. The zero-order chi connectivity index (χ0) is 14.4. The van der Waals surface area contributed by atoms with Gasteiger partial charge in [0.1, 0.15) is 5.75 Å². The fraction of sp³-hybridized carbons (Fsp3) is 0.235. The molecule has 2 aromatic carbocycles. The van der Waals surface area contributed by atoms with Crippen LogP contribution in [0, 0.1) is 0 Å². The van der Waals surface area contributed by atoms with Crippen LogP contribution in [0.3, 0.4) is 0 Å². The van der Waals surface area contributed by atoms with Gasteiger partial charge >= 0.3 is 0 Å². The van der Waals surface area contributed by atoms with E-state index in [1.807, 2.05) is 31.2 Å². The van der Waals surface area contributed by atoms with Crippen molar-refractivity contribution in [3.05, 3.63) is 48.5 Å². The predicted molar refractivity (Wildman–Crippen MR) is 85.5 cm³/mol. The van der Waals surface area contributed by atoms with Gasteiger partial charge in [0.2, 0.25) is 0 Å². The molecule has 2 aromatic rings. The lowest BCUT2D eigenvalue weighted by Crippen LogP contribution is -1.98. The van der Waals surface area contributed by atoms with Gasteiger partial charge in [0.25, 0.3) is 0 Å². The molecule has 3 nitrogen and oxygen atoms in total. The number of hydrogen-bond donors (Lipinski definition) is 1. The molecule has 0 aliphatic heterocycles. The molecule has 104 valence electrons. The number of nitrogens with one attached hydrogen (secondary N) is 1. The molecule has 1 N–H and O–H groups in total. The zero-order valence-electron chi connectivity index (χ0n) is 12.2. The molecule has 0 aliphatic carbocycles. The predicted octanol–water partition coefficient (Wildman–Crippen LogP) is 4.56. The number of methoxy groups -OCH3 is 1. The van der Waals surface area contributed by atoms with Gasteiger partial charge in [-0.3, -0.25) is 5.43 Å². The molecule has 0 spiro atoms. The molecule has 0 amide bonds. The van der Waals surface area contributed by atoms with Crippen molar-refractivity contribution in [2.24, 2.45) is 5.10 Å². The lowest BCUT2D eigenvalue weighted by Gasteiger charge is -2.11. The van der Waals surface area contributed by atoms with E-state index in [4.69, 9.17) is 4.74 Å². The summed E-state index contributed by atoms with van der Waals surface area (Å²) >= 11 is 0. The summed E-state index contributed by atoms with van der Waals surface area (Å²) in [4.78, 5) is 0. The normalized spacial score (nSPS) is 11.2. The number of hydrazone groups is 1. The fourth-order valence-electron chi connectivity index (χ4n) is 1.84. The second kappa shape index (κ2) is 6.75. The molecular formula is C17H20N2O. The summed E-state index contributed by atoms with van der Waals surface area (Å²) in [5.41, 5.74) is 7.33. The first-order chi connectivity index (χ1) is 9.74. The summed E-state index contributed by atoms with van der Waals surface area (Å²) in [7, 11) is 1.67. The van der Waals surface area contributed by atoms with E-state index in [1.165, 1.54) is 5.56 Å². The molecule has 2 rings (SSSR count). The second-order valence-electron chi connectivity index (χ2n) is 4.59. The smallest absolute Gasteiger partial charge is 0.143 e. The zero-order valence-corrected chi connectivity index (χ0v) is 12.2. The van der Waals surface area contributed by atoms with E-state index >= 15 is 0 Å². The fourth-order valence-corrected chi connectivity index (χ4v) is 1.84. The van der Waals surface area contributed by atoms with Gasteiger partial charge < -0.3 is 4.74 Å².